The van der Waals surface area contributed by atoms with Crippen molar-refractivity contribution in [3.05, 3.63) is 51.7 Å². The number of aromatic nitrogens is 1. The second kappa shape index (κ2) is 7.91. The van der Waals surface area contributed by atoms with Crippen LogP contribution in [0.3, 0.4) is 0 Å². The van der Waals surface area contributed by atoms with Crippen molar-refractivity contribution in [3.8, 4) is 0 Å². The molecule has 2 aromatic rings. The molecular formula is C22H29N3O4. The van der Waals surface area contributed by atoms with Crippen LogP contribution < -0.4 is 0 Å². The monoisotopic (exact) mass is 399 g/mol. The summed E-state index contributed by atoms with van der Waals surface area (Å²) >= 11 is 0. The van der Waals surface area contributed by atoms with Crippen molar-refractivity contribution >= 4 is 17.4 Å². The number of Topliss-reactive ketones (excluding diaryl/α,β-unsaturated/α-hetero) is 1. The predicted molar refractivity (Wildman–Crippen MR) is 111 cm³/mol. The molecule has 1 amide bonds. The molecule has 1 fully saturated rings. The van der Waals surface area contributed by atoms with Gasteiger partial charge in [0.2, 0.25) is 0 Å². The Morgan fingerprint density at radius 1 is 1.17 bits per heavy atom. The van der Waals surface area contributed by atoms with Gasteiger partial charge in [-0.05, 0) is 72.5 Å². The zero-order valence-electron chi connectivity index (χ0n) is 17.9. The van der Waals surface area contributed by atoms with E-state index >= 15 is 0 Å². The molecule has 1 unspecified atom stereocenters. The van der Waals surface area contributed by atoms with E-state index in [0.717, 1.165) is 23.5 Å². The minimum atomic E-state index is -0.736. The number of hydrogen-bond donors (Lipinski definition) is 2. The molecular weight excluding hydrogens is 370 g/mol. The molecule has 0 aromatic carbocycles. The lowest BCUT2D eigenvalue weighted by Crippen LogP contribution is -2.32. The van der Waals surface area contributed by atoms with Crippen molar-refractivity contribution in [3.63, 3.8) is 0 Å². The highest BCUT2D eigenvalue weighted by Crippen LogP contribution is 2.41. The van der Waals surface area contributed by atoms with Gasteiger partial charge in [0.15, 0.2) is 0 Å². The summed E-state index contributed by atoms with van der Waals surface area (Å²) in [6, 6.07) is 2.83. The molecule has 3 rings (SSSR count). The second-order valence-electron chi connectivity index (χ2n) is 7.97. The third-order valence-electron chi connectivity index (χ3n) is 5.50. The number of carbonyl (C=O) groups is 2. The number of aromatic amines is 1. The van der Waals surface area contributed by atoms with Gasteiger partial charge in [-0.2, -0.15) is 0 Å². The molecule has 0 radical (unpaired) electrons. The molecule has 29 heavy (non-hydrogen) atoms. The summed E-state index contributed by atoms with van der Waals surface area (Å²) < 4.78 is 5.79. The normalized spacial score (nSPS) is 19.0. The van der Waals surface area contributed by atoms with Crippen molar-refractivity contribution in [2.24, 2.45) is 0 Å². The largest absolute Gasteiger partial charge is 0.507 e. The summed E-state index contributed by atoms with van der Waals surface area (Å²) in [4.78, 5) is 32.6. The third kappa shape index (κ3) is 3.74. The lowest BCUT2D eigenvalue weighted by atomic mass is 9.97. The number of aliphatic hydroxyl groups is 1. The third-order valence-corrected chi connectivity index (χ3v) is 5.50. The SMILES string of the molecule is Cc1ccc(C2/C(=C(\O)c3c(C)[nH]c(C)c3C)C(=O)C(=O)N2CCCN(C)C)o1. The maximum absolute atomic E-state index is 13.0. The Bertz CT molecular complexity index is 980. The van der Waals surface area contributed by atoms with Crippen LogP contribution in [0.15, 0.2) is 22.1 Å². The van der Waals surface area contributed by atoms with Crippen LogP contribution in [-0.4, -0.2) is 58.8 Å². The van der Waals surface area contributed by atoms with E-state index in [1.165, 1.54) is 4.90 Å². The number of furan rings is 1. The Labute approximate surface area is 171 Å². The molecule has 2 N–H and O–H groups in total. The molecule has 7 nitrogen and oxygen atoms in total. The highest BCUT2D eigenvalue weighted by Gasteiger charge is 2.47. The van der Waals surface area contributed by atoms with Crippen molar-refractivity contribution in [2.45, 2.75) is 40.2 Å². The van der Waals surface area contributed by atoms with Gasteiger partial charge in [0.1, 0.15) is 23.3 Å². The number of likely N-dealkylation sites (tertiary alicyclic amines) is 1. The molecule has 0 saturated carbocycles. The first kappa shape index (κ1) is 20.9. The summed E-state index contributed by atoms with van der Waals surface area (Å²) in [6.07, 6.45) is 0.706. The minimum absolute atomic E-state index is 0.0828. The molecule has 1 aliphatic heterocycles. The average Bonchev–Trinajstić information content (AvgIpc) is 3.25. The standard InChI is InChI=1S/C22H29N3O4/c1-12-8-9-16(29-12)19-18(20(26)17-13(2)14(3)23-15(17)4)21(27)22(28)25(19)11-7-10-24(5)6/h8-9,19,23,26H,7,10-11H2,1-6H3/b20-18+. The second-order valence-corrected chi connectivity index (χ2v) is 7.97. The van der Waals surface area contributed by atoms with Crippen molar-refractivity contribution < 1.29 is 19.1 Å². The first-order valence-electron chi connectivity index (χ1n) is 9.79. The van der Waals surface area contributed by atoms with Gasteiger partial charge in [0, 0.05) is 23.5 Å². The molecule has 0 spiro atoms. The molecule has 1 aliphatic rings. The molecule has 2 aromatic heterocycles. The number of ketones is 1. The van der Waals surface area contributed by atoms with E-state index in [4.69, 9.17) is 4.42 Å². The molecule has 7 heteroatoms. The predicted octanol–water partition coefficient (Wildman–Crippen LogP) is 3.21. The number of hydrogen-bond acceptors (Lipinski definition) is 5. The Kier molecular flexibility index (Phi) is 5.71. The fraction of sp³-hybridized carbons (Fsp3) is 0.455. The fourth-order valence-electron chi connectivity index (χ4n) is 3.96. The summed E-state index contributed by atoms with van der Waals surface area (Å²) in [5, 5.41) is 11.2. The highest BCUT2D eigenvalue weighted by molar-refractivity contribution is 6.46. The van der Waals surface area contributed by atoms with Crippen molar-refractivity contribution in [1.29, 1.82) is 0 Å². The van der Waals surface area contributed by atoms with E-state index in [-0.39, 0.29) is 11.3 Å². The first-order chi connectivity index (χ1) is 13.6. The number of amides is 1. The van der Waals surface area contributed by atoms with E-state index in [0.29, 0.717) is 30.0 Å². The minimum Gasteiger partial charge on any atom is -0.507 e. The lowest BCUT2D eigenvalue weighted by Gasteiger charge is -2.24. The maximum Gasteiger partial charge on any atom is 0.295 e. The van der Waals surface area contributed by atoms with Crippen LogP contribution in [0.2, 0.25) is 0 Å². The van der Waals surface area contributed by atoms with E-state index in [1.54, 1.807) is 12.1 Å². The summed E-state index contributed by atoms with van der Waals surface area (Å²) in [5.74, 6) is -0.271. The van der Waals surface area contributed by atoms with Gasteiger partial charge >= 0.3 is 0 Å². The van der Waals surface area contributed by atoms with Crippen LogP contribution in [0, 0.1) is 27.7 Å². The number of rotatable bonds is 6. The maximum atomic E-state index is 13.0. The summed E-state index contributed by atoms with van der Waals surface area (Å²) in [6.45, 7) is 8.62. The Balaban J connectivity index is 2.13. The zero-order valence-corrected chi connectivity index (χ0v) is 17.9. The number of aliphatic hydroxyl groups excluding tert-OH is 1. The highest BCUT2D eigenvalue weighted by atomic mass is 16.3. The van der Waals surface area contributed by atoms with E-state index < -0.39 is 17.7 Å². The smallest absolute Gasteiger partial charge is 0.295 e. The van der Waals surface area contributed by atoms with Gasteiger partial charge in [-0.3, -0.25) is 9.59 Å². The number of nitrogens with one attached hydrogen (secondary N) is 1. The zero-order chi connectivity index (χ0) is 21.5. The van der Waals surface area contributed by atoms with Crippen LogP contribution in [-0.2, 0) is 9.59 Å². The van der Waals surface area contributed by atoms with Crippen LogP contribution in [0.5, 0.6) is 0 Å². The quantitative estimate of drug-likeness (QED) is 0.442. The number of aryl methyl sites for hydroxylation is 3. The average molecular weight is 399 g/mol. The molecule has 3 heterocycles. The fourth-order valence-corrected chi connectivity index (χ4v) is 3.96. The molecule has 0 aliphatic carbocycles. The summed E-state index contributed by atoms with van der Waals surface area (Å²) in [7, 11) is 3.92. The van der Waals surface area contributed by atoms with E-state index in [9.17, 15) is 14.7 Å². The van der Waals surface area contributed by atoms with Crippen LogP contribution >= 0.6 is 0 Å². The number of nitrogens with zero attached hydrogens (tertiary/aromatic N) is 2. The van der Waals surface area contributed by atoms with Gasteiger partial charge in [-0.15, -0.1) is 0 Å². The lowest BCUT2D eigenvalue weighted by molar-refractivity contribution is -0.140. The van der Waals surface area contributed by atoms with E-state index in [1.807, 2.05) is 46.7 Å². The van der Waals surface area contributed by atoms with Crippen LogP contribution in [0.25, 0.3) is 5.76 Å². The Morgan fingerprint density at radius 2 is 1.86 bits per heavy atom. The van der Waals surface area contributed by atoms with Crippen molar-refractivity contribution in [1.82, 2.24) is 14.8 Å². The summed E-state index contributed by atoms with van der Waals surface area (Å²) in [5.41, 5.74) is 3.18. The molecule has 1 atom stereocenters. The number of carbonyl (C=O) groups excluding carboxylic acids is 2. The first-order valence-corrected chi connectivity index (χ1v) is 9.79. The van der Waals surface area contributed by atoms with E-state index in [2.05, 4.69) is 4.98 Å². The Hall–Kier alpha value is -2.80. The van der Waals surface area contributed by atoms with Gasteiger partial charge in [-0.25, -0.2) is 0 Å². The molecule has 1 saturated heterocycles. The van der Waals surface area contributed by atoms with Gasteiger partial charge in [-0.1, -0.05) is 0 Å². The molecule has 156 valence electrons. The van der Waals surface area contributed by atoms with Crippen molar-refractivity contribution in [2.75, 3.05) is 27.2 Å². The van der Waals surface area contributed by atoms with Gasteiger partial charge < -0.3 is 24.3 Å². The van der Waals surface area contributed by atoms with Gasteiger partial charge in [0.05, 0.1) is 5.57 Å². The Morgan fingerprint density at radius 3 is 2.38 bits per heavy atom. The topological polar surface area (TPSA) is 89.8 Å². The van der Waals surface area contributed by atoms with Crippen LogP contribution in [0.1, 0.15) is 46.5 Å². The van der Waals surface area contributed by atoms with Gasteiger partial charge in [0.25, 0.3) is 11.7 Å². The molecule has 0 bridgehead atoms. The van der Waals surface area contributed by atoms with Crippen LogP contribution in [0.4, 0.5) is 0 Å². The number of H-pyrrole nitrogens is 1.